The van der Waals surface area contributed by atoms with Crippen LogP contribution < -0.4 is 5.32 Å². The number of ether oxygens (including phenoxy) is 1. The second-order valence-corrected chi connectivity index (χ2v) is 6.26. The molecule has 1 fully saturated rings. The minimum Gasteiger partial charge on any atom is -0.396 e. The molecule has 1 amide bonds. The van der Waals surface area contributed by atoms with E-state index in [0.29, 0.717) is 32.7 Å². The number of aliphatic hydroxyl groups is 1. The highest BCUT2D eigenvalue weighted by molar-refractivity contribution is 5.81. The number of carbonyl (C=O) groups excluding carboxylic acids is 1. The zero-order valence-electron chi connectivity index (χ0n) is 12.6. The first kappa shape index (κ1) is 16.4. The maximum Gasteiger partial charge on any atom is 0.239 e. The van der Waals surface area contributed by atoms with Crippen LogP contribution >= 0.6 is 0 Å². The summed E-state index contributed by atoms with van der Waals surface area (Å²) in [6.45, 7) is 11.0. The van der Waals surface area contributed by atoms with Gasteiger partial charge >= 0.3 is 0 Å². The summed E-state index contributed by atoms with van der Waals surface area (Å²) in [6.07, 6.45) is 0.657. The van der Waals surface area contributed by atoms with Crippen molar-refractivity contribution in [2.75, 3.05) is 32.9 Å². The van der Waals surface area contributed by atoms with Crippen LogP contribution in [0.15, 0.2) is 0 Å². The van der Waals surface area contributed by atoms with E-state index in [0.717, 1.165) is 0 Å². The second kappa shape index (κ2) is 7.22. The average molecular weight is 272 g/mol. The summed E-state index contributed by atoms with van der Waals surface area (Å²) in [5, 5.41) is 12.5. The molecule has 1 saturated heterocycles. The molecule has 0 bridgehead atoms. The van der Waals surface area contributed by atoms with Crippen molar-refractivity contribution in [3.8, 4) is 0 Å². The van der Waals surface area contributed by atoms with Crippen LogP contribution in [0.5, 0.6) is 0 Å². The number of nitrogens with one attached hydrogen (secondary N) is 1. The fourth-order valence-electron chi connectivity index (χ4n) is 2.33. The van der Waals surface area contributed by atoms with Crippen molar-refractivity contribution >= 4 is 5.91 Å². The highest BCUT2D eigenvalue weighted by Crippen LogP contribution is 2.22. The molecular formula is C14H28N2O3. The van der Waals surface area contributed by atoms with Crippen molar-refractivity contribution in [3.63, 3.8) is 0 Å². The fourth-order valence-corrected chi connectivity index (χ4v) is 2.33. The maximum absolute atomic E-state index is 12.3. The highest BCUT2D eigenvalue weighted by Gasteiger charge is 2.29. The number of hydrogen-bond donors (Lipinski definition) is 2. The molecular weight excluding hydrogens is 244 g/mol. The van der Waals surface area contributed by atoms with E-state index < -0.39 is 0 Å². The molecule has 5 heteroatoms. The predicted octanol–water partition coefficient (Wildman–Crippen LogP) is 0.620. The molecule has 2 atom stereocenters. The van der Waals surface area contributed by atoms with Gasteiger partial charge < -0.3 is 20.1 Å². The molecule has 0 aromatic heterocycles. The first-order valence-corrected chi connectivity index (χ1v) is 7.09. The Hall–Kier alpha value is -0.650. The van der Waals surface area contributed by atoms with E-state index in [9.17, 15) is 4.79 Å². The molecule has 0 aliphatic carbocycles. The average Bonchev–Trinajstić information content (AvgIpc) is 2.37. The normalized spacial score (nSPS) is 20.2. The Kier molecular flexibility index (Phi) is 6.23. The van der Waals surface area contributed by atoms with Crippen LogP contribution in [-0.2, 0) is 9.53 Å². The van der Waals surface area contributed by atoms with Crippen molar-refractivity contribution in [3.05, 3.63) is 0 Å². The number of rotatable bonds is 5. The Morgan fingerprint density at radius 3 is 2.42 bits per heavy atom. The fraction of sp³-hybridized carbons (Fsp3) is 0.929. The van der Waals surface area contributed by atoms with Gasteiger partial charge in [-0.1, -0.05) is 20.8 Å². The monoisotopic (exact) mass is 272 g/mol. The van der Waals surface area contributed by atoms with Gasteiger partial charge in [-0.3, -0.25) is 4.79 Å². The Balaban J connectivity index is 2.55. The molecule has 1 rings (SSSR count). The van der Waals surface area contributed by atoms with E-state index in [2.05, 4.69) is 26.1 Å². The zero-order valence-corrected chi connectivity index (χ0v) is 12.6. The third-order valence-electron chi connectivity index (χ3n) is 3.61. The smallest absolute Gasteiger partial charge is 0.239 e. The molecule has 2 unspecified atom stereocenters. The van der Waals surface area contributed by atoms with Crippen molar-refractivity contribution in [2.24, 2.45) is 5.41 Å². The van der Waals surface area contributed by atoms with Crippen LogP contribution in [-0.4, -0.2) is 60.9 Å². The van der Waals surface area contributed by atoms with E-state index in [1.54, 1.807) is 0 Å². The summed E-state index contributed by atoms with van der Waals surface area (Å²) in [5.41, 5.74) is 0.0162. The number of amides is 1. The lowest BCUT2D eigenvalue weighted by molar-refractivity contribution is -0.137. The Morgan fingerprint density at radius 1 is 1.37 bits per heavy atom. The van der Waals surface area contributed by atoms with Crippen LogP contribution in [0.1, 0.15) is 34.1 Å². The summed E-state index contributed by atoms with van der Waals surface area (Å²) in [4.78, 5) is 14.2. The lowest BCUT2D eigenvalue weighted by Crippen LogP contribution is -2.54. The van der Waals surface area contributed by atoms with Crippen LogP contribution in [0.3, 0.4) is 0 Å². The molecule has 1 heterocycles. The van der Waals surface area contributed by atoms with Gasteiger partial charge in [-0.05, 0) is 18.8 Å². The molecule has 0 saturated carbocycles. The quantitative estimate of drug-likeness (QED) is 0.770. The van der Waals surface area contributed by atoms with Crippen LogP contribution in [0.25, 0.3) is 0 Å². The molecule has 0 radical (unpaired) electrons. The summed E-state index contributed by atoms with van der Waals surface area (Å²) >= 11 is 0. The first-order chi connectivity index (χ1) is 8.86. The summed E-state index contributed by atoms with van der Waals surface area (Å²) in [6, 6.07) is -0.105. The third kappa shape index (κ3) is 5.09. The van der Waals surface area contributed by atoms with Gasteiger partial charge in [0.15, 0.2) is 0 Å². The number of nitrogens with zero attached hydrogens (tertiary/aromatic N) is 1. The van der Waals surface area contributed by atoms with E-state index in [-0.39, 0.29) is 30.0 Å². The molecule has 1 aliphatic heterocycles. The van der Waals surface area contributed by atoms with E-state index in [4.69, 9.17) is 9.84 Å². The molecule has 2 N–H and O–H groups in total. The van der Waals surface area contributed by atoms with Crippen LogP contribution in [0.2, 0.25) is 0 Å². The van der Waals surface area contributed by atoms with E-state index in [1.165, 1.54) is 0 Å². The summed E-state index contributed by atoms with van der Waals surface area (Å²) in [7, 11) is 0. The molecule has 0 aromatic rings. The van der Waals surface area contributed by atoms with Crippen molar-refractivity contribution in [1.29, 1.82) is 0 Å². The Bertz CT molecular complexity index is 283. The Morgan fingerprint density at radius 2 is 1.95 bits per heavy atom. The topological polar surface area (TPSA) is 61.8 Å². The van der Waals surface area contributed by atoms with E-state index >= 15 is 0 Å². The lowest BCUT2D eigenvalue weighted by Gasteiger charge is -2.35. The van der Waals surface area contributed by atoms with Crippen molar-refractivity contribution < 1.29 is 14.6 Å². The van der Waals surface area contributed by atoms with Gasteiger partial charge in [0.2, 0.25) is 5.91 Å². The maximum atomic E-state index is 12.3. The van der Waals surface area contributed by atoms with Gasteiger partial charge in [-0.2, -0.15) is 0 Å². The SMILES string of the molecule is CC(NC(CCO)C(C)(C)C)C(=O)N1CCOCC1. The number of hydrogen-bond acceptors (Lipinski definition) is 4. The summed E-state index contributed by atoms with van der Waals surface area (Å²) < 4.78 is 5.26. The molecule has 0 aromatic carbocycles. The Labute approximate surface area is 116 Å². The summed E-state index contributed by atoms with van der Waals surface area (Å²) in [5.74, 6) is 0.121. The van der Waals surface area contributed by atoms with Gasteiger partial charge in [0.05, 0.1) is 19.3 Å². The van der Waals surface area contributed by atoms with E-state index in [1.807, 2.05) is 11.8 Å². The predicted molar refractivity (Wildman–Crippen MR) is 74.9 cm³/mol. The van der Waals surface area contributed by atoms with Gasteiger partial charge in [0.25, 0.3) is 0 Å². The van der Waals surface area contributed by atoms with Gasteiger partial charge in [-0.15, -0.1) is 0 Å². The molecule has 112 valence electrons. The molecule has 0 spiro atoms. The van der Waals surface area contributed by atoms with Crippen LogP contribution in [0, 0.1) is 5.41 Å². The highest BCUT2D eigenvalue weighted by atomic mass is 16.5. The zero-order chi connectivity index (χ0) is 14.5. The molecule has 5 nitrogen and oxygen atoms in total. The van der Waals surface area contributed by atoms with Crippen molar-refractivity contribution in [1.82, 2.24) is 10.2 Å². The standard InChI is InChI=1S/C14H28N2O3/c1-11(13(18)16-6-9-19-10-7-16)15-12(5-8-17)14(2,3)4/h11-12,15,17H,5-10H2,1-4H3. The third-order valence-corrected chi connectivity index (χ3v) is 3.61. The van der Waals surface area contributed by atoms with Gasteiger partial charge in [-0.25, -0.2) is 0 Å². The largest absolute Gasteiger partial charge is 0.396 e. The van der Waals surface area contributed by atoms with Gasteiger partial charge in [0.1, 0.15) is 0 Å². The molecule has 19 heavy (non-hydrogen) atoms. The number of carbonyl (C=O) groups is 1. The first-order valence-electron chi connectivity index (χ1n) is 7.09. The van der Waals surface area contributed by atoms with Crippen LogP contribution in [0.4, 0.5) is 0 Å². The number of aliphatic hydroxyl groups excluding tert-OH is 1. The lowest BCUT2D eigenvalue weighted by atomic mass is 9.84. The number of morpholine rings is 1. The second-order valence-electron chi connectivity index (χ2n) is 6.26. The molecule has 1 aliphatic rings. The minimum atomic E-state index is -0.228. The van der Waals surface area contributed by atoms with Gasteiger partial charge in [0, 0.05) is 25.7 Å². The van der Waals surface area contributed by atoms with Crippen molar-refractivity contribution in [2.45, 2.75) is 46.2 Å². The minimum absolute atomic E-state index is 0.0162.